The average molecular weight is 324 g/mol. The second kappa shape index (κ2) is 4.02. The third kappa shape index (κ3) is 1.56. The van der Waals surface area contributed by atoms with Crippen molar-refractivity contribution in [3.05, 3.63) is 51.1 Å². The van der Waals surface area contributed by atoms with E-state index in [0.717, 1.165) is 6.42 Å². The SMILES string of the molecule is C=CC1=C(CC)C(C)(C)c2cc(I)ccc21. The number of benzene rings is 1. The van der Waals surface area contributed by atoms with E-state index in [0.29, 0.717) is 0 Å². The Morgan fingerprint density at radius 2 is 2.06 bits per heavy atom. The molecule has 0 aromatic heterocycles. The van der Waals surface area contributed by atoms with E-state index in [2.05, 4.69) is 68.1 Å². The van der Waals surface area contributed by atoms with Crippen molar-refractivity contribution in [2.45, 2.75) is 32.6 Å². The molecule has 0 unspecified atom stereocenters. The molecule has 84 valence electrons. The predicted molar refractivity (Wildman–Crippen MR) is 79.6 cm³/mol. The zero-order chi connectivity index (χ0) is 11.9. The highest BCUT2D eigenvalue weighted by Crippen LogP contribution is 2.48. The van der Waals surface area contributed by atoms with Gasteiger partial charge >= 0.3 is 0 Å². The summed E-state index contributed by atoms with van der Waals surface area (Å²) in [5.74, 6) is 0. The van der Waals surface area contributed by atoms with E-state index >= 15 is 0 Å². The number of hydrogen-bond acceptors (Lipinski definition) is 0. The molecule has 1 aromatic carbocycles. The van der Waals surface area contributed by atoms with E-state index in [1.54, 1.807) is 0 Å². The summed E-state index contributed by atoms with van der Waals surface area (Å²) < 4.78 is 1.31. The summed E-state index contributed by atoms with van der Waals surface area (Å²) >= 11 is 2.38. The van der Waals surface area contributed by atoms with Crippen LogP contribution in [0.2, 0.25) is 0 Å². The van der Waals surface area contributed by atoms with Crippen LogP contribution in [0.4, 0.5) is 0 Å². The molecule has 16 heavy (non-hydrogen) atoms. The van der Waals surface area contributed by atoms with Crippen LogP contribution < -0.4 is 0 Å². The molecule has 1 aromatic rings. The molecule has 0 bridgehead atoms. The summed E-state index contributed by atoms with van der Waals surface area (Å²) in [6.07, 6.45) is 3.11. The zero-order valence-electron chi connectivity index (χ0n) is 10.1. The van der Waals surface area contributed by atoms with Gasteiger partial charge in [0.05, 0.1) is 0 Å². The summed E-state index contributed by atoms with van der Waals surface area (Å²) in [7, 11) is 0. The Labute approximate surface area is 112 Å². The monoisotopic (exact) mass is 324 g/mol. The lowest BCUT2D eigenvalue weighted by Gasteiger charge is -2.24. The Bertz CT molecular complexity index is 478. The maximum Gasteiger partial charge on any atom is 0.0133 e. The molecule has 0 aliphatic heterocycles. The first kappa shape index (κ1) is 11.9. The smallest absolute Gasteiger partial charge is 0.0133 e. The van der Waals surface area contributed by atoms with E-state index < -0.39 is 0 Å². The predicted octanol–water partition coefficient (Wildman–Crippen LogP) is 4.93. The number of rotatable bonds is 2. The number of hydrogen-bond donors (Lipinski definition) is 0. The topological polar surface area (TPSA) is 0 Å². The van der Waals surface area contributed by atoms with Crippen LogP contribution in [-0.2, 0) is 5.41 Å². The van der Waals surface area contributed by atoms with E-state index in [-0.39, 0.29) is 5.41 Å². The van der Waals surface area contributed by atoms with Gasteiger partial charge in [0.15, 0.2) is 0 Å². The first-order valence-electron chi connectivity index (χ1n) is 5.68. The number of halogens is 1. The zero-order valence-corrected chi connectivity index (χ0v) is 12.3. The van der Waals surface area contributed by atoms with Gasteiger partial charge in [0, 0.05) is 8.99 Å². The summed E-state index contributed by atoms with van der Waals surface area (Å²) in [4.78, 5) is 0. The van der Waals surface area contributed by atoms with E-state index in [1.807, 2.05) is 6.08 Å². The lowest BCUT2D eigenvalue weighted by Crippen LogP contribution is -2.17. The van der Waals surface area contributed by atoms with Gasteiger partial charge < -0.3 is 0 Å². The second-order valence-electron chi connectivity index (χ2n) is 4.76. The van der Waals surface area contributed by atoms with Crippen molar-refractivity contribution in [1.82, 2.24) is 0 Å². The van der Waals surface area contributed by atoms with E-state index in [9.17, 15) is 0 Å². The molecule has 0 saturated carbocycles. The molecule has 2 rings (SSSR count). The lowest BCUT2D eigenvalue weighted by molar-refractivity contribution is 0.617. The van der Waals surface area contributed by atoms with Crippen LogP contribution in [-0.4, -0.2) is 0 Å². The Balaban J connectivity index is 2.74. The van der Waals surface area contributed by atoms with Crippen LogP contribution >= 0.6 is 22.6 Å². The van der Waals surface area contributed by atoms with Crippen molar-refractivity contribution >= 4 is 28.2 Å². The van der Waals surface area contributed by atoms with Crippen LogP contribution in [0.3, 0.4) is 0 Å². The van der Waals surface area contributed by atoms with Crippen molar-refractivity contribution in [3.63, 3.8) is 0 Å². The molecule has 0 amide bonds. The van der Waals surface area contributed by atoms with Crippen molar-refractivity contribution in [3.8, 4) is 0 Å². The van der Waals surface area contributed by atoms with Gasteiger partial charge in [-0.05, 0) is 57.8 Å². The number of fused-ring (bicyclic) bond motifs is 1. The quantitative estimate of drug-likeness (QED) is 0.677. The molecule has 1 heteroatoms. The summed E-state index contributed by atoms with van der Waals surface area (Å²) in [5.41, 5.74) is 5.84. The van der Waals surface area contributed by atoms with Gasteiger partial charge in [-0.1, -0.05) is 45.1 Å². The minimum Gasteiger partial charge on any atom is -0.0984 e. The molecule has 0 radical (unpaired) electrons. The van der Waals surface area contributed by atoms with Gasteiger partial charge in [-0.3, -0.25) is 0 Å². The first-order valence-corrected chi connectivity index (χ1v) is 6.76. The van der Waals surface area contributed by atoms with Gasteiger partial charge in [-0.2, -0.15) is 0 Å². The molecule has 0 spiro atoms. The number of allylic oxidation sites excluding steroid dienone is 3. The summed E-state index contributed by atoms with van der Waals surface area (Å²) in [6, 6.07) is 6.72. The van der Waals surface area contributed by atoms with Crippen molar-refractivity contribution < 1.29 is 0 Å². The highest BCUT2D eigenvalue weighted by Gasteiger charge is 2.35. The lowest BCUT2D eigenvalue weighted by atomic mass is 9.80. The van der Waals surface area contributed by atoms with Crippen LogP contribution in [0, 0.1) is 3.57 Å². The fourth-order valence-electron chi connectivity index (χ4n) is 2.80. The molecule has 0 N–H and O–H groups in total. The van der Waals surface area contributed by atoms with Crippen LogP contribution in [0.5, 0.6) is 0 Å². The van der Waals surface area contributed by atoms with Crippen molar-refractivity contribution in [2.24, 2.45) is 0 Å². The van der Waals surface area contributed by atoms with Crippen LogP contribution in [0.15, 0.2) is 36.4 Å². The van der Waals surface area contributed by atoms with Gasteiger partial charge in [-0.15, -0.1) is 0 Å². The molecule has 0 fully saturated rings. The average Bonchev–Trinajstić information content (AvgIpc) is 2.46. The fourth-order valence-corrected chi connectivity index (χ4v) is 3.29. The third-order valence-electron chi connectivity index (χ3n) is 3.58. The fraction of sp³-hybridized carbons (Fsp3) is 0.333. The molecular formula is C15H17I. The maximum absolute atomic E-state index is 3.97. The Hall–Kier alpha value is -0.570. The first-order chi connectivity index (χ1) is 7.52. The van der Waals surface area contributed by atoms with Crippen LogP contribution in [0.1, 0.15) is 38.3 Å². The Morgan fingerprint density at radius 1 is 1.38 bits per heavy atom. The summed E-state index contributed by atoms with van der Waals surface area (Å²) in [6.45, 7) is 10.8. The second-order valence-corrected chi connectivity index (χ2v) is 6.01. The molecule has 1 aliphatic carbocycles. The minimum absolute atomic E-state index is 0.161. The van der Waals surface area contributed by atoms with Gasteiger partial charge in [0.25, 0.3) is 0 Å². The molecule has 0 saturated heterocycles. The van der Waals surface area contributed by atoms with E-state index in [1.165, 1.54) is 25.8 Å². The Kier molecular flexibility index (Phi) is 2.99. The minimum atomic E-state index is 0.161. The highest BCUT2D eigenvalue weighted by molar-refractivity contribution is 14.1. The van der Waals surface area contributed by atoms with Gasteiger partial charge in [-0.25, -0.2) is 0 Å². The molecule has 0 nitrogen and oxygen atoms in total. The molecule has 0 heterocycles. The molecular weight excluding hydrogens is 307 g/mol. The summed E-state index contributed by atoms with van der Waals surface area (Å²) in [5, 5.41) is 0. The maximum atomic E-state index is 3.97. The molecule has 1 aliphatic rings. The normalized spacial score (nSPS) is 17.5. The molecule has 0 atom stereocenters. The highest BCUT2D eigenvalue weighted by atomic mass is 127. The van der Waals surface area contributed by atoms with Crippen LogP contribution in [0.25, 0.3) is 5.57 Å². The van der Waals surface area contributed by atoms with Gasteiger partial charge in [0.2, 0.25) is 0 Å². The van der Waals surface area contributed by atoms with E-state index in [4.69, 9.17) is 0 Å². The van der Waals surface area contributed by atoms with Crippen molar-refractivity contribution in [2.75, 3.05) is 0 Å². The third-order valence-corrected chi connectivity index (χ3v) is 4.25. The Morgan fingerprint density at radius 3 is 2.62 bits per heavy atom. The van der Waals surface area contributed by atoms with Crippen molar-refractivity contribution in [1.29, 1.82) is 0 Å². The largest absolute Gasteiger partial charge is 0.0984 e. The van der Waals surface area contributed by atoms with Gasteiger partial charge in [0.1, 0.15) is 0 Å². The standard InChI is InChI=1S/C15H17I/c1-5-11-12-8-7-10(16)9-14(12)15(3,4)13(11)6-2/h5,7-9H,1,6H2,2-4H3.